The highest BCUT2D eigenvalue weighted by molar-refractivity contribution is 6.03. The first-order chi connectivity index (χ1) is 44.7. The molecule has 13 aromatic rings. The van der Waals surface area contributed by atoms with Gasteiger partial charge < -0.3 is 28.7 Å². The zero-order valence-corrected chi connectivity index (χ0v) is 50.8. The third-order valence-corrected chi connectivity index (χ3v) is 18.2. The van der Waals surface area contributed by atoms with E-state index in [1.807, 2.05) is 0 Å². The zero-order valence-electron chi connectivity index (χ0n) is 50.8. The summed E-state index contributed by atoms with van der Waals surface area (Å²) in [7, 11) is 0. The second-order valence-corrected chi connectivity index (χ2v) is 23.8. The molecule has 0 saturated carbocycles. The fraction of sp³-hybridized carbons (Fsp3) is 0.119. The highest BCUT2D eigenvalue weighted by Crippen LogP contribution is 2.43. The van der Waals surface area contributed by atoms with Gasteiger partial charge in [0.15, 0.2) is 0 Å². The summed E-state index contributed by atoms with van der Waals surface area (Å²) in [5, 5.41) is 2.44. The molecule has 0 unspecified atom stereocenters. The smallest absolute Gasteiger partial charge is 0.0613 e. The Hall–Kier alpha value is -10.8. The number of rotatable bonds is 16. The lowest BCUT2D eigenvalue weighted by atomic mass is 10.0. The van der Waals surface area contributed by atoms with Gasteiger partial charge >= 0.3 is 0 Å². The van der Waals surface area contributed by atoms with Crippen molar-refractivity contribution in [2.24, 2.45) is 0 Å². The monoisotopic (exact) mass is 1160 g/mol. The Morgan fingerprint density at radius 2 is 0.544 bits per heavy atom. The fourth-order valence-electron chi connectivity index (χ4n) is 13.7. The van der Waals surface area contributed by atoms with Crippen LogP contribution in [-0.4, -0.2) is 35.3 Å². The molecule has 6 nitrogen and oxygen atoms in total. The molecular formula is C84H72N6. The van der Waals surface area contributed by atoms with Crippen LogP contribution in [0.2, 0.25) is 0 Å². The molecule has 0 aliphatic carbocycles. The van der Waals surface area contributed by atoms with E-state index < -0.39 is 0 Å². The van der Waals surface area contributed by atoms with Crippen LogP contribution >= 0.6 is 0 Å². The minimum atomic E-state index is 1.07. The molecule has 2 aliphatic heterocycles. The third kappa shape index (κ3) is 11.3. The standard InChI is InChI=1S/C84H72N6/c1-7-23-69(24-8-1)87(73-45-35-63(36-46-73)39-57-79-77-31-15-17-33-81(77)89(71-27-11-3-12-28-71)83(79)65-41-49-67(50-42-65)85-59-19-5-20-60-85)75-53-55-76(56-54-75)88(70-25-9-2-10-26-70)74-47-37-64(38-48-74)40-58-80-78-32-16-18-34-82(78)90(72-29-13-4-14-30-72)84(80)66-43-51-68(52-44-66)86-61-21-6-22-62-86/h1-4,7-18,23-58H,5-6,19-22,59-62H2. The summed E-state index contributed by atoms with van der Waals surface area (Å²) in [5.74, 6) is 0. The van der Waals surface area contributed by atoms with E-state index >= 15 is 0 Å². The molecule has 0 radical (unpaired) electrons. The molecule has 438 valence electrons. The molecule has 15 rings (SSSR count). The Kier molecular flexibility index (Phi) is 15.8. The van der Waals surface area contributed by atoms with Gasteiger partial charge in [0.1, 0.15) is 0 Å². The van der Waals surface area contributed by atoms with Crippen molar-refractivity contribution in [3.63, 3.8) is 0 Å². The summed E-state index contributed by atoms with van der Waals surface area (Å²) in [6, 6.07) is 106. The van der Waals surface area contributed by atoms with Crippen LogP contribution in [-0.2, 0) is 0 Å². The maximum atomic E-state index is 2.54. The Bertz CT molecular complexity index is 4300. The number of anilines is 8. The number of hydrogen-bond donors (Lipinski definition) is 0. The van der Waals surface area contributed by atoms with E-state index in [-0.39, 0.29) is 0 Å². The van der Waals surface area contributed by atoms with Crippen LogP contribution < -0.4 is 19.6 Å². The van der Waals surface area contributed by atoms with Gasteiger partial charge in [-0.05, 0) is 194 Å². The van der Waals surface area contributed by atoms with Gasteiger partial charge in [-0.3, -0.25) is 0 Å². The van der Waals surface area contributed by atoms with Gasteiger partial charge in [-0.15, -0.1) is 0 Å². The van der Waals surface area contributed by atoms with Crippen molar-refractivity contribution in [1.29, 1.82) is 0 Å². The highest BCUT2D eigenvalue weighted by atomic mass is 15.2. The number of fused-ring (bicyclic) bond motifs is 2. The molecule has 2 saturated heterocycles. The normalized spacial score (nSPS) is 13.6. The van der Waals surface area contributed by atoms with Crippen molar-refractivity contribution >= 4 is 91.6 Å². The van der Waals surface area contributed by atoms with Crippen LogP contribution in [0.3, 0.4) is 0 Å². The fourth-order valence-corrected chi connectivity index (χ4v) is 13.7. The van der Waals surface area contributed by atoms with Crippen molar-refractivity contribution in [2.75, 3.05) is 45.8 Å². The molecule has 0 N–H and O–H groups in total. The number of piperidine rings is 2. The van der Waals surface area contributed by atoms with E-state index in [0.29, 0.717) is 0 Å². The number of nitrogens with zero attached hydrogens (tertiary/aromatic N) is 6. The van der Waals surface area contributed by atoms with Gasteiger partial charge in [0.05, 0.1) is 22.4 Å². The molecule has 0 bridgehead atoms. The Morgan fingerprint density at radius 1 is 0.244 bits per heavy atom. The van der Waals surface area contributed by atoms with Crippen LogP contribution in [0.15, 0.2) is 291 Å². The molecule has 0 spiro atoms. The van der Waals surface area contributed by atoms with E-state index in [2.05, 4.69) is 344 Å². The summed E-state index contributed by atoms with van der Waals surface area (Å²) in [6.45, 7) is 4.49. The Morgan fingerprint density at radius 3 is 0.900 bits per heavy atom. The lowest BCUT2D eigenvalue weighted by Gasteiger charge is -2.29. The minimum Gasteiger partial charge on any atom is -0.372 e. The molecule has 11 aromatic carbocycles. The van der Waals surface area contributed by atoms with Gasteiger partial charge in [0.2, 0.25) is 0 Å². The highest BCUT2D eigenvalue weighted by Gasteiger charge is 2.23. The number of para-hydroxylation sites is 6. The third-order valence-electron chi connectivity index (χ3n) is 18.2. The summed E-state index contributed by atoms with van der Waals surface area (Å²) in [5.41, 5.74) is 23.2. The minimum absolute atomic E-state index is 1.07. The molecule has 0 amide bonds. The molecular weight excluding hydrogens is 1090 g/mol. The van der Waals surface area contributed by atoms with Crippen molar-refractivity contribution in [3.8, 4) is 33.9 Å². The van der Waals surface area contributed by atoms with Crippen molar-refractivity contribution in [2.45, 2.75) is 38.5 Å². The molecule has 4 heterocycles. The van der Waals surface area contributed by atoms with E-state index in [4.69, 9.17) is 0 Å². The first kappa shape index (κ1) is 55.7. The number of aromatic nitrogens is 2. The van der Waals surface area contributed by atoms with E-state index in [9.17, 15) is 0 Å². The predicted molar refractivity (Wildman–Crippen MR) is 383 cm³/mol. The summed E-state index contributed by atoms with van der Waals surface area (Å²) in [6.07, 6.45) is 16.8. The maximum Gasteiger partial charge on any atom is 0.0613 e. The van der Waals surface area contributed by atoms with Gasteiger partial charge in [-0.25, -0.2) is 0 Å². The molecule has 90 heavy (non-hydrogen) atoms. The number of benzene rings is 11. The van der Waals surface area contributed by atoms with E-state index in [1.165, 1.54) is 105 Å². The maximum absolute atomic E-state index is 2.54. The van der Waals surface area contributed by atoms with Crippen molar-refractivity contribution < 1.29 is 0 Å². The summed E-state index contributed by atoms with van der Waals surface area (Å²) < 4.78 is 4.87. The quantitative estimate of drug-likeness (QED) is 0.0962. The van der Waals surface area contributed by atoms with Crippen LogP contribution in [0.5, 0.6) is 0 Å². The average Bonchev–Trinajstić information content (AvgIpc) is 1.91. The molecule has 2 fully saturated rings. The zero-order chi connectivity index (χ0) is 60.0. The van der Waals surface area contributed by atoms with Crippen molar-refractivity contribution in [3.05, 3.63) is 313 Å². The van der Waals surface area contributed by atoms with E-state index in [0.717, 1.165) is 82.8 Å². The van der Waals surface area contributed by atoms with Gasteiger partial charge in [-0.2, -0.15) is 0 Å². The molecule has 2 aromatic heterocycles. The van der Waals surface area contributed by atoms with Crippen LogP contribution in [0, 0.1) is 0 Å². The van der Waals surface area contributed by atoms with Gasteiger partial charge in [0, 0.05) is 105 Å². The molecule has 2 aliphatic rings. The van der Waals surface area contributed by atoms with Crippen LogP contribution in [0.4, 0.5) is 45.5 Å². The SMILES string of the molecule is C(=Cc1c(-c2ccc(N3CCCCC3)cc2)n(-c2ccccc2)c2ccccc12)c1ccc(N(c2ccccc2)c2ccc(N(c3ccccc3)c3ccc(C=Cc4c(-c5ccc(N6CCCCC6)cc5)n(-c5ccccc5)c5ccccc45)cc3)cc2)cc1. The largest absolute Gasteiger partial charge is 0.372 e. The van der Waals surface area contributed by atoms with Crippen molar-refractivity contribution in [1.82, 2.24) is 9.13 Å². The summed E-state index contributed by atoms with van der Waals surface area (Å²) in [4.78, 5) is 9.76. The molecule has 6 heteroatoms. The van der Waals surface area contributed by atoms with Crippen LogP contribution in [0.25, 0.3) is 80.0 Å². The Balaban J connectivity index is 0.728. The number of hydrogen-bond acceptors (Lipinski definition) is 4. The lowest BCUT2D eigenvalue weighted by molar-refractivity contribution is 0.578. The predicted octanol–water partition coefficient (Wildman–Crippen LogP) is 22.2. The second-order valence-electron chi connectivity index (χ2n) is 23.8. The average molecular weight is 1170 g/mol. The first-order valence-corrected chi connectivity index (χ1v) is 32.1. The van der Waals surface area contributed by atoms with E-state index in [1.54, 1.807) is 0 Å². The lowest BCUT2D eigenvalue weighted by Crippen LogP contribution is -2.29. The topological polar surface area (TPSA) is 22.8 Å². The Labute approximate surface area is 529 Å². The van der Waals surface area contributed by atoms with Gasteiger partial charge in [0.25, 0.3) is 0 Å². The van der Waals surface area contributed by atoms with Crippen LogP contribution in [0.1, 0.15) is 60.8 Å². The van der Waals surface area contributed by atoms with Gasteiger partial charge in [-0.1, -0.05) is 182 Å². The first-order valence-electron chi connectivity index (χ1n) is 32.1. The molecule has 0 atom stereocenters. The summed E-state index contributed by atoms with van der Waals surface area (Å²) >= 11 is 0. The second kappa shape index (κ2) is 25.5.